The summed E-state index contributed by atoms with van der Waals surface area (Å²) in [6.07, 6.45) is 0. The van der Waals surface area contributed by atoms with E-state index in [2.05, 4.69) is 62.6 Å². The Balaban J connectivity index is 2.63. The zero-order chi connectivity index (χ0) is 11.0. The molecule has 2 rings (SSSR count). The Morgan fingerprint density at radius 3 is 1.67 bits per heavy atom. The third-order valence-electron chi connectivity index (χ3n) is 2.74. The Hall–Kier alpha value is -1.50. The van der Waals surface area contributed by atoms with Gasteiger partial charge in [-0.25, -0.2) is 0 Å². The van der Waals surface area contributed by atoms with Crippen LogP contribution in [-0.4, -0.2) is 4.57 Å². The molecule has 0 bridgehead atoms. The summed E-state index contributed by atoms with van der Waals surface area (Å²) in [6.45, 7) is 8.57. The molecule has 0 aliphatic carbocycles. The lowest BCUT2D eigenvalue weighted by Crippen LogP contribution is -1.99. The van der Waals surface area contributed by atoms with Crippen LogP contribution in [0.5, 0.6) is 0 Å². The lowest BCUT2D eigenvalue weighted by Gasteiger charge is -2.11. The van der Waals surface area contributed by atoms with E-state index in [1.807, 2.05) is 0 Å². The molecule has 78 valence electrons. The quantitative estimate of drug-likeness (QED) is 0.659. The van der Waals surface area contributed by atoms with Crippen molar-refractivity contribution in [2.24, 2.45) is 0 Å². The normalized spacial score (nSPS) is 10.7. The summed E-state index contributed by atoms with van der Waals surface area (Å²) < 4.78 is 2.29. The number of nitrogens with zero attached hydrogens (tertiary/aromatic N) is 1. The van der Waals surface area contributed by atoms with Gasteiger partial charge in [-0.05, 0) is 63.1 Å². The molecule has 1 aromatic heterocycles. The summed E-state index contributed by atoms with van der Waals surface area (Å²) >= 11 is 0. The fourth-order valence-electron chi connectivity index (χ4n) is 2.16. The Morgan fingerprint density at radius 1 is 0.733 bits per heavy atom. The molecule has 1 heterocycles. The van der Waals surface area contributed by atoms with Crippen molar-refractivity contribution >= 4 is 0 Å². The van der Waals surface area contributed by atoms with Crippen LogP contribution in [0.3, 0.4) is 0 Å². The van der Waals surface area contributed by atoms with Gasteiger partial charge in [-0.3, -0.25) is 0 Å². The Labute approximate surface area is 91.4 Å². The van der Waals surface area contributed by atoms with Crippen LogP contribution < -0.4 is 0 Å². The van der Waals surface area contributed by atoms with Gasteiger partial charge >= 0.3 is 0 Å². The van der Waals surface area contributed by atoms with E-state index >= 15 is 0 Å². The molecule has 0 aliphatic rings. The molecular formula is C14H17N. The van der Waals surface area contributed by atoms with Crippen molar-refractivity contribution in [2.75, 3.05) is 0 Å². The summed E-state index contributed by atoms with van der Waals surface area (Å²) in [5, 5.41) is 0. The molecule has 1 nitrogen and oxygen atoms in total. The second-order valence-corrected chi connectivity index (χ2v) is 4.30. The minimum atomic E-state index is 1.27. The van der Waals surface area contributed by atoms with Crippen LogP contribution in [0.15, 0.2) is 30.3 Å². The van der Waals surface area contributed by atoms with Gasteiger partial charge in [-0.15, -0.1) is 0 Å². The summed E-state index contributed by atoms with van der Waals surface area (Å²) in [6, 6.07) is 11.0. The van der Waals surface area contributed by atoms with Gasteiger partial charge in [0.2, 0.25) is 0 Å². The molecule has 0 fully saturated rings. The number of hydrogen-bond acceptors (Lipinski definition) is 0. The highest BCUT2D eigenvalue weighted by Gasteiger charge is 2.04. The molecular weight excluding hydrogens is 182 g/mol. The molecule has 0 radical (unpaired) electrons. The standard InChI is InChI=1S/C14H17N/c1-10-7-11(2)9-14(8-10)15-12(3)5-6-13(15)4/h5-9H,1-4H3. The van der Waals surface area contributed by atoms with Crippen molar-refractivity contribution in [1.82, 2.24) is 4.57 Å². The Bertz CT molecular complexity index is 452. The van der Waals surface area contributed by atoms with Crippen molar-refractivity contribution in [3.63, 3.8) is 0 Å². The smallest absolute Gasteiger partial charge is 0.0460 e. The third-order valence-corrected chi connectivity index (χ3v) is 2.74. The zero-order valence-electron chi connectivity index (χ0n) is 9.83. The average molecular weight is 199 g/mol. The fraction of sp³-hybridized carbons (Fsp3) is 0.286. The minimum Gasteiger partial charge on any atom is -0.319 e. The molecule has 2 aromatic rings. The summed E-state index contributed by atoms with van der Waals surface area (Å²) in [7, 11) is 0. The SMILES string of the molecule is Cc1cc(C)cc(-n2c(C)ccc2C)c1. The lowest BCUT2D eigenvalue weighted by atomic mass is 10.1. The maximum atomic E-state index is 2.29. The largest absolute Gasteiger partial charge is 0.319 e. The van der Waals surface area contributed by atoms with Crippen molar-refractivity contribution in [3.05, 3.63) is 52.8 Å². The van der Waals surface area contributed by atoms with Crippen LogP contribution in [0.2, 0.25) is 0 Å². The Kier molecular flexibility index (Phi) is 2.39. The monoisotopic (exact) mass is 199 g/mol. The maximum absolute atomic E-state index is 2.29. The van der Waals surface area contributed by atoms with E-state index in [9.17, 15) is 0 Å². The van der Waals surface area contributed by atoms with Gasteiger partial charge in [0.15, 0.2) is 0 Å². The first-order valence-corrected chi connectivity index (χ1v) is 5.31. The van der Waals surface area contributed by atoms with E-state index < -0.39 is 0 Å². The number of aromatic nitrogens is 1. The lowest BCUT2D eigenvalue weighted by molar-refractivity contribution is 0.961. The van der Waals surface area contributed by atoms with Crippen LogP contribution in [0, 0.1) is 27.7 Å². The molecule has 0 amide bonds. The highest BCUT2D eigenvalue weighted by Crippen LogP contribution is 2.18. The summed E-state index contributed by atoms with van der Waals surface area (Å²) in [5.41, 5.74) is 6.48. The van der Waals surface area contributed by atoms with Crippen LogP contribution in [-0.2, 0) is 0 Å². The van der Waals surface area contributed by atoms with Crippen LogP contribution >= 0.6 is 0 Å². The van der Waals surface area contributed by atoms with Gasteiger partial charge in [-0.1, -0.05) is 6.07 Å². The molecule has 0 atom stereocenters. The predicted octanol–water partition coefficient (Wildman–Crippen LogP) is 3.71. The third kappa shape index (κ3) is 1.82. The number of rotatable bonds is 1. The molecule has 0 spiro atoms. The topological polar surface area (TPSA) is 4.93 Å². The van der Waals surface area contributed by atoms with Crippen molar-refractivity contribution in [1.29, 1.82) is 0 Å². The minimum absolute atomic E-state index is 1.27. The van der Waals surface area contributed by atoms with Crippen molar-refractivity contribution < 1.29 is 0 Å². The van der Waals surface area contributed by atoms with Crippen LogP contribution in [0.4, 0.5) is 0 Å². The summed E-state index contributed by atoms with van der Waals surface area (Å²) in [5.74, 6) is 0. The van der Waals surface area contributed by atoms with Crippen molar-refractivity contribution in [3.8, 4) is 5.69 Å². The molecule has 0 saturated heterocycles. The van der Waals surface area contributed by atoms with Crippen LogP contribution in [0.25, 0.3) is 5.69 Å². The first kappa shape index (κ1) is 10.0. The second-order valence-electron chi connectivity index (χ2n) is 4.30. The van der Waals surface area contributed by atoms with Gasteiger partial charge in [-0.2, -0.15) is 0 Å². The van der Waals surface area contributed by atoms with E-state index in [1.165, 1.54) is 28.2 Å². The number of aryl methyl sites for hydroxylation is 4. The molecule has 15 heavy (non-hydrogen) atoms. The number of hydrogen-bond donors (Lipinski definition) is 0. The second kappa shape index (κ2) is 3.58. The maximum Gasteiger partial charge on any atom is 0.0460 e. The highest BCUT2D eigenvalue weighted by molar-refractivity contribution is 5.42. The summed E-state index contributed by atoms with van der Waals surface area (Å²) in [4.78, 5) is 0. The highest BCUT2D eigenvalue weighted by atomic mass is 15.0. The average Bonchev–Trinajstić information content (AvgIpc) is 2.44. The Morgan fingerprint density at radius 2 is 1.20 bits per heavy atom. The van der Waals surface area contributed by atoms with Gasteiger partial charge in [0.1, 0.15) is 0 Å². The molecule has 0 aliphatic heterocycles. The molecule has 1 heteroatoms. The first-order chi connectivity index (χ1) is 7.08. The van der Waals surface area contributed by atoms with Gasteiger partial charge in [0, 0.05) is 17.1 Å². The van der Waals surface area contributed by atoms with E-state index in [-0.39, 0.29) is 0 Å². The van der Waals surface area contributed by atoms with Crippen molar-refractivity contribution in [2.45, 2.75) is 27.7 Å². The van der Waals surface area contributed by atoms with Crippen LogP contribution in [0.1, 0.15) is 22.5 Å². The van der Waals surface area contributed by atoms with Gasteiger partial charge in [0.25, 0.3) is 0 Å². The molecule has 0 N–H and O–H groups in total. The van der Waals surface area contributed by atoms with E-state index in [4.69, 9.17) is 0 Å². The molecule has 1 aromatic carbocycles. The van der Waals surface area contributed by atoms with E-state index in [0.29, 0.717) is 0 Å². The van der Waals surface area contributed by atoms with E-state index in [0.717, 1.165) is 0 Å². The first-order valence-electron chi connectivity index (χ1n) is 5.31. The fourth-order valence-corrected chi connectivity index (χ4v) is 2.16. The molecule has 0 unspecified atom stereocenters. The predicted molar refractivity (Wildman–Crippen MR) is 64.7 cm³/mol. The number of benzene rings is 1. The van der Waals surface area contributed by atoms with Gasteiger partial charge in [0.05, 0.1) is 0 Å². The molecule has 0 saturated carbocycles. The van der Waals surface area contributed by atoms with E-state index in [1.54, 1.807) is 0 Å². The van der Waals surface area contributed by atoms with Gasteiger partial charge < -0.3 is 4.57 Å². The zero-order valence-corrected chi connectivity index (χ0v) is 9.83.